The van der Waals surface area contributed by atoms with Crippen LogP contribution >= 0.6 is 0 Å². The summed E-state index contributed by atoms with van der Waals surface area (Å²) in [5, 5.41) is 4.79. The molecule has 0 aliphatic rings. The minimum Gasteiger partial charge on any atom is -0.439 e. The monoisotopic (exact) mass is 473 g/mol. The molecule has 3 aromatic carbocycles. The number of aromatic nitrogens is 2. The van der Waals surface area contributed by atoms with Gasteiger partial charge in [0.15, 0.2) is 0 Å². The van der Waals surface area contributed by atoms with Gasteiger partial charge in [-0.3, -0.25) is 4.79 Å². The Labute approximate surface area is 204 Å². The van der Waals surface area contributed by atoms with E-state index < -0.39 is 0 Å². The fraction of sp³-hybridized carbons (Fsp3) is 0.214. The van der Waals surface area contributed by atoms with Crippen LogP contribution in [-0.2, 0) is 17.7 Å². The van der Waals surface area contributed by atoms with Crippen molar-refractivity contribution in [2.45, 2.75) is 19.9 Å². The van der Waals surface area contributed by atoms with E-state index in [0.29, 0.717) is 42.5 Å². The first-order valence-electron chi connectivity index (χ1n) is 11.5. The second kappa shape index (κ2) is 11.4. The Hall–Kier alpha value is -3.97. The van der Waals surface area contributed by atoms with E-state index in [1.165, 1.54) is 12.1 Å². The topological polar surface area (TPSA) is 56.6 Å². The van der Waals surface area contributed by atoms with E-state index in [-0.39, 0.29) is 18.3 Å². The van der Waals surface area contributed by atoms with Crippen LogP contribution in [0.3, 0.4) is 0 Å². The van der Waals surface area contributed by atoms with Crippen LogP contribution in [0, 0.1) is 5.82 Å². The fourth-order valence-corrected chi connectivity index (χ4v) is 3.79. The lowest BCUT2D eigenvalue weighted by molar-refractivity contribution is 0.0679. The van der Waals surface area contributed by atoms with Gasteiger partial charge in [0.2, 0.25) is 5.88 Å². The van der Waals surface area contributed by atoms with Crippen molar-refractivity contribution in [2.75, 3.05) is 20.3 Å². The number of hydrogen-bond donors (Lipinski definition) is 0. The highest BCUT2D eigenvalue weighted by atomic mass is 19.1. The maximum absolute atomic E-state index is 13.6. The molecule has 1 amide bonds. The van der Waals surface area contributed by atoms with Crippen LogP contribution in [0.1, 0.15) is 28.5 Å². The lowest BCUT2D eigenvalue weighted by atomic mass is 10.1. The van der Waals surface area contributed by atoms with Gasteiger partial charge in [0.05, 0.1) is 30.1 Å². The largest absolute Gasteiger partial charge is 0.439 e. The van der Waals surface area contributed by atoms with Crippen LogP contribution in [0.2, 0.25) is 0 Å². The van der Waals surface area contributed by atoms with E-state index in [1.54, 1.807) is 41.0 Å². The summed E-state index contributed by atoms with van der Waals surface area (Å²) in [7, 11) is 1.61. The first-order valence-corrected chi connectivity index (χ1v) is 11.5. The number of carbonyl (C=O) groups is 1. The summed E-state index contributed by atoms with van der Waals surface area (Å²) in [5.74, 6) is 0.687. The van der Waals surface area contributed by atoms with Gasteiger partial charge in [0, 0.05) is 19.2 Å². The Morgan fingerprint density at radius 3 is 2.26 bits per heavy atom. The highest BCUT2D eigenvalue weighted by molar-refractivity contribution is 5.94. The van der Waals surface area contributed by atoms with Crippen LogP contribution in [0.15, 0.2) is 84.9 Å². The van der Waals surface area contributed by atoms with Crippen LogP contribution < -0.4 is 4.74 Å². The molecule has 0 N–H and O–H groups in total. The molecular formula is C28H28FN3O3. The molecular weight excluding hydrogens is 445 g/mol. The standard InChI is InChI=1S/C28H28FN3O3/c1-3-26-25(20-31(18-19-34-2)27(33)21-10-6-4-7-11-21)28(35-24-12-8-5-9-13-24)32(30-26)23-16-14-22(29)15-17-23/h4-17H,3,18-20H2,1-2H3. The molecule has 1 aromatic heterocycles. The van der Waals surface area contributed by atoms with Crippen molar-refractivity contribution in [1.82, 2.24) is 14.7 Å². The Kier molecular flexibility index (Phi) is 7.90. The first-order chi connectivity index (χ1) is 17.1. The van der Waals surface area contributed by atoms with E-state index in [9.17, 15) is 9.18 Å². The summed E-state index contributed by atoms with van der Waals surface area (Å²) in [6.07, 6.45) is 0.631. The molecule has 1 heterocycles. The molecule has 0 saturated carbocycles. The Morgan fingerprint density at radius 1 is 0.971 bits per heavy atom. The van der Waals surface area contributed by atoms with Gasteiger partial charge in [0.25, 0.3) is 5.91 Å². The quantitative estimate of drug-likeness (QED) is 0.298. The average Bonchev–Trinajstić information content (AvgIpc) is 3.24. The van der Waals surface area contributed by atoms with Crippen LogP contribution in [0.5, 0.6) is 11.6 Å². The highest BCUT2D eigenvalue weighted by Crippen LogP contribution is 2.32. The van der Waals surface area contributed by atoms with Gasteiger partial charge in [-0.15, -0.1) is 0 Å². The second-order valence-corrected chi connectivity index (χ2v) is 7.97. The number of aryl methyl sites for hydroxylation is 1. The van der Waals surface area contributed by atoms with E-state index in [1.807, 2.05) is 55.5 Å². The summed E-state index contributed by atoms with van der Waals surface area (Å²) < 4.78 is 26.9. The molecule has 4 aromatic rings. The minimum atomic E-state index is -0.332. The first kappa shape index (κ1) is 24.2. The normalized spacial score (nSPS) is 10.8. The Balaban J connectivity index is 1.79. The van der Waals surface area contributed by atoms with Gasteiger partial charge >= 0.3 is 0 Å². The van der Waals surface area contributed by atoms with E-state index in [2.05, 4.69) is 0 Å². The second-order valence-electron chi connectivity index (χ2n) is 7.97. The zero-order chi connectivity index (χ0) is 24.6. The van der Waals surface area contributed by atoms with E-state index in [4.69, 9.17) is 14.6 Å². The predicted octanol–water partition coefficient (Wildman–Crippen LogP) is 5.65. The number of methoxy groups -OCH3 is 1. The number of hydrogen-bond acceptors (Lipinski definition) is 4. The molecule has 0 unspecified atom stereocenters. The molecule has 180 valence electrons. The predicted molar refractivity (Wildman–Crippen MR) is 132 cm³/mol. The molecule has 0 atom stereocenters. The van der Waals surface area contributed by atoms with E-state index >= 15 is 0 Å². The smallest absolute Gasteiger partial charge is 0.254 e. The molecule has 6 nitrogen and oxygen atoms in total. The zero-order valence-electron chi connectivity index (χ0n) is 19.9. The minimum absolute atomic E-state index is 0.107. The van der Waals surface area contributed by atoms with Gasteiger partial charge in [-0.25, -0.2) is 9.07 Å². The van der Waals surface area contributed by atoms with Gasteiger partial charge in [-0.1, -0.05) is 43.3 Å². The summed E-state index contributed by atoms with van der Waals surface area (Å²) >= 11 is 0. The molecule has 7 heteroatoms. The van der Waals surface area contributed by atoms with Crippen molar-refractivity contribution in [3.05, 3.63) is 108 Å². The molecule has 35 heavy (non-hydrogen) atoms. The van der Waals surface area contributed by atoms with Crippen LogP contribution in [0.25, 0.3) is 5.69 Å². The number of rotatable bonds is 10. The van der Waals surface area contributed by atoms with Crippen molar-refractivity contribution in [1.29, 1.82) is 0 Å². The Morgan fingerprint density at radius 2 is 1.63 bits per heavy atom. The van der Waals surface area contributed by atoms with E-state index in [0.717, 1.165) is 11.3 Å². The van der Waals surface area contributed by atoms with Gasteiger partial charge in [0.1, 0.15) is 11.6 Å². The fourth-order valence-electron chi connectivity index (χ4n) is 3.79. The van der Waals surface area contributed by atoms with Gasteiger partial charge in [-0.2, -0.15) is 5.10 Å². The third kappa shape index (κ3) is 5.75. The number of ether oxygens (including phenoxy) is 2. The molecule has 4 rings (SSSR count). The molecule has 0 spiro atoms. The lowest BCUT2D eigenvalue weighted by Crippen LogP contribution is -2.33. The third-order valence-electron chi connectivity index (χ3n) is 5.61. The molecule has 0 fully saturated rings. The zero-order valence-corrected chi connectivity index (χ0v) is 19.9. The van der Waals surface area contributed by atoms with Crippen LogP contribution in [0.4, 0.5) is 4.39 Å². The maximum Gasteiger partial charge on any atom is 0.254 e. The number of carbonyl (C=O) groups excluding carboxylic acids is 1. The number of nitrogens with zero attached hydrogens (tertiary/aromatic N) is 3. The summed E-state index contributed by atoms with van der Waals surface area (Å²) in [4.78, 5) is 15.1. The molecule has 0 saturated heterocycles. The van der Waals surface area contributed by atoms with Gasteiger partial charge < -0.3 is 14.4 Å². The van der Waals surface area contributed by atoms with Crippen molar-refractivity contribution in [2.24, 2.45) is 0 Å². The third-order valence-corrected chi connectivity index (χ3v) is 5.61. The molecule has 0 radical (unpaired) electrons. The van der Waals surface area contributed by atoms with Crippen molar-refractivity contribution >= 4 is 5.91 Å². The Bertz CT molecular complexity index is 1240. The number of halogens is 1. The summed E-state index contributed by atoms with van der Waals surface area (Å²) in [6, 6.07) is 24.6. The maximum atomic E-state index is 13.6. The summed E-state index contributed by atoms with van der Waals surface area (Å²) in [5.41, 5.74) is 2.85. The van der Waals surface area contributed by atoms with Crippen molar-refractivity contribution in [3.8, 4) is 17.3 Å². The average molecular weight is 474 g/mol. The van der Waals surface area contributed by atoms with Crippen molar-refractivity contribution in [3.63, 3.8) is 0 Å². The summed E-state index contributed by atoms with van der Waals surface area (Å²) in [6.45, 7) is 3.08. The number of amides is 1. The SMILES string of the molecule is CCc1nn(-c2ccc(F)cc2)c(Oc2ccccc2)c1CN(CCOC)C(=O)c1ccccc1. The van der Waals surface area contributed by atoms with Crippen LogP contribution in [-0.4, -0.2) is 40.8 Å². The highest BCUT2D eigenvalue weighted by Gasteiger charge is 2.25. The number of para-hydroxylation sites is 1. The molecule has 0 aliphatic heterocycles. The van der Waals surface area contributed by atoms with Crippen molar-refractivity contribution < 1.29 is 18.7 Å². The van der Waals surface area contributed by atoms with Gasteiger partial charge in [-0.05, 0) is 55.0 Å². The molecule has 0 aliphatic carbocycles. The lowest BCUT2D eigenvalue weighted by Gasteiger charge is -2.23. The number of benzene rings is 3. The molecule has 0 bridgehead atoms.